The number of hydrogen-bond acceptors (Lipinski definition) is 7. The summed E-state index contributed by atoms with van der Waals surface area (Å²) in [7, 11) is 0. The monoisotopic (exact) mass is 447 g/mol. The summed E-state index contributed by atoms with van der Waals surface area (Å²) < 4.78 is 44.0. The normalized spacial score (nSPS) is 16.0. The lowest BCUT2D eigenvalue weighted by molar-refractivity contribution is -0.137. The van der Waals surface area contributed by atoms with Gasteiger partial charge in [-0.05, 0) is 43.3 Å². The zero-order valence-electron chi connectivity index (χ0n) is 16.1. The van der Waals surface area contributed by atoms with E-state index in [1.165, 1.54) is 23.5 Å². The lowest BCUT2D eigenvalue weighted by Crippen LogP contribution is -2.19. The number of aromatic nitrogens is 1. The molecular formula is C21H16F3N3O3S. The molecule has 10 heteroatoms. The number of nitrogens with zero attached hydrogens (tertiary/aromatic N) is 2. The molecule has 0 bridgehead atoms. The average molecular weight is 447 g/mol. The molecule has 31 heavy (non-hydrogen) atoms. The van der Waals surface area contributed by atoms with Gasteiger partial charge in [-0.15, -0.1) is 11.3 Å². The van der Waals surface area contributed by atoms with Crippen molar-refractivity contribution in [1.82, 2.24) is 10.5 Å². The molecule has 1 unspecified atom stereocenters. The summed E-state index contributed by atoms with van der Waals surface area (Å²) in [5.74, 6) is 1.09. The van der Waals surface area contributed by atoms with E-state index in [1.807, 2.05) is 6.92 Å². The number of hydroxylamine groups is 1. The molecule has 0 saturated heterocycles. The maximum absolute atomic E-state index is 12.7. The van der Waals surface area contributed by atoms with Crippen molar-refractivity contribution in [2.24, 2.45) is 4.99 Å². The molecule has 3 aromatic rings. The molecule has 160 valence electrons. The fraction of sp³-hybridized carbons (Fsp3) is 0.190. The summed E-state index contributed by atoms with van der Waals surface area (Å²) in [6.07, 6.45) is -4.62. The van der Waals surface area contributed by atoms with Gasteiger partial charge in [-0.3, -0.25) is 4.79 Å². The van der Waals surface area contributed by atoms with Gasteiger partial charge in [0.15, 0.2) is 12.1 Å². The zero-order valence-corrected chi connectivity index (χ0v) is 17.0. The molecule has 1 aliphatic rings. The van der Waals surface area contributed by atoms with E-state index in [1.54, 1.807) is 24.3 Å². The van der Waals surface area contributed by atoms with Crippen LogP contribution in [0.1, 0.15) is 21.7 Å². The van der Waals surface area contributed by atoms with Gasteiger partial charge in [-0.1, -0.05) is 12.1 Å². The smallest absolute Gasteiger partial charge is 0.416 e. The van der Waals surface area contributed by atoms with Crippen LogP contribution in [0.5, 0.6) is 5.75 Å². The van der Waals surface area contributed by atoms with Gasteiger partial charge < -0.3 is 4.74 Å². The number of aryl methyl sites for hydroxylation is 1. The van der Waals surface area contributed by atoms with E-state index in [-0.39, 0.29) is 6.61 Å². The third-order valence-corrected chi connectivity index (χ3v) is 5.68. The zero-order chi connectivity index (χ0) is 22.0. The van der Waals surface area contributed by atoms with Crippen LogP contribution in [0.3, 0.4) is 0 Å². The number of hydrogen-bond donors (Lipinski definition) is 1. The first kappa shape index (κ1) is 21.0. The predicted molar refractivity (Wildman–Crippen MR) is 109 cm³/mol. The lowest BCUT2D eigenvalue weighted by Gasteiger charge is -2.07. The fourth-order valence-corrected chi connectivity index (χ4v) is 3.81. The van der Waals surface area contributed by atoms with Crippen molar-refractivity contribution >= 4 is 23.5 Å². The van der Waals surface area contributed by atoms with Crippen LogP contribution in [0.15, 0.2) is 53.5 Å². The van der Waals surface area contributed by atoms with Gasteiger partial charge in [0, 0.05) is 11.1 Å². The van der Waals surface area contributed by atoms with Crippen LogP contribution in [0.25, 0.3) is 10.6 Å². The highest BCUT2D eigenvalue weighted by atomic mass is 32.1. The first-order chi connectivity index (χ1) is 14.8. The van der Waals surface area contributed by atoms with E-state index in [2.05, 4.69) is 15.5 Å². The van der Waals surface area contributed by atoms with Crippen molar-refractivity contribution in [2.45, 2.75) is 25.9 Å². The fourth-order valence-electron chi connectivity index (χ4n) is 2.83. The van der Waals surface area contributed by atoms with Crippen LogP contribution in [0.4, 0.5) is 13.2 Å². The molecule has 1 aromatic heterocycles. The van der Waals surface area contributed by atoms with Gasteiger partial charge in [0.25, 0.3) is 0 Å². The summed E-state index contributed by atoms with van der Waals surface area (Å²) in [6.45, 7) is 2.11. The second kappa shape index (κ2) is 8.48. The van der Waals surface area contributed by atoms with Crippen LogP contribution < -0.4 is 10.2 Å². The van der Waals surface area contributed by atoms with E-state index < -0.39 is 18.0 Å². The number of aldehydes is 1. The number of carbonyl (C=O) groups excluding carboxylic acids is 1. The summed E-state index contributed by atoms with van der Waals surface area (Å²) in [6, 6.07) is 12.0. The van der Waals surface area contributed by atoms with Gasteiger partial charge in [0.05, 0.1) is 16.1 Å². The summed E-state index contributed by atoms with van der Waals surface area (Å²) in [4.78, 5) is 25.1. The van der Waals surface area contributed by atoms with Crippen LogP contribution in [0, 0.1) is 6.92 Å². The molecule has 6 nitrogen and oxygen atoms in total. The molecule has 0 amide bonds. The topological polar surface area (TPSA) is 72.8 Å². The quantitative estimate of drug-likeness (QED) is 0.563. The minimum atomic E-state index is -4.37. The number of thiazole rings is 1. The molecule has 4 rings (SSSR count). The number of aliphatic imine (C=N–C) groups is 1. The highest BCUT2D eigenvalue weighted by Gasteiger charge is 2.30. The molecule has 2 aromatic carbocycles. The Bertz CT molecular complexity index is 1110. The highest BCUT2D eigenvalue weighted by Crippen LogP contribution is 2.33. The van der Waals surface area contributed by atoms with Crippen molar-refractivity contribution in [1.29, 1.82) is 0 Å². The van der Waals surface area contributed by atoms with Crippen molar-refractivity contribution < 1.29 is 27.5 Å². The van der Waals surface area contributed by atoms with E-state index in [9.17, 15) is 18.0 Å². The van der Waals surface area contributed by atoms with Crippen LogP contribution in [0.2, 0.25) is 0 Å². The molecule has 1 N–H and O–H groups in total. The number of ether oxygens (including phenoxy) is 1. The molecule has 1 atom stereocenters. The Labute approximate surface area is 179 Å². The van der Waals surface area contributed by atoms with Crippen LogP contribution in [-0.4, -0.2) is 23.3 Å². The minimum absolute atomic E-state index is 0.277. The van der Waals surface area contributed by atoms with Gasteiger partial charge in [-0.2, -0.15) is 13.2 Å². The maximum atomic E-state index is 12.7. The van der Waals surface area contributed by atoms with Crippen molar-refractivity contribution in [3.05, 3.63) is 70.2 Å². The average Bonchev–Trinajstić information content (AvgIpc) is 3.39. The Kier molecular flexibility index (Phi) is 5.75. The number of nitrogens with one attached hydrogen (secondary N) is 1. The van der Waals surface area contributed by atoms with Crippen molar-refractivity contribution in [3.8, 4) is 16.3 Å². The van der Waals surface area contributed by atoms with Crippen LogP contribution in [-0.2, 0) is 22.4 Å². The Morgan fingerprint density at radius 1 is 1.13 bits per heavy atom. The van der Waals surface area contributed by atoms with Gasteiger partial charge in [-0.25, -0.2) is 20.3 Å². The van der Waals surface area contributed by atoms with E-state index in [4.69, 9.17) is 9.57 Å². The number of alkyl halides is 3. The largest absolute Gasteiger partial charge is 0.488 e. The predicted octanol–water partition coefficient (Wildman–Crippen LogP) is 4.52. The lowest BCUT2D eigenvalue weighted by atomic mass is 10.1. The Morgan fingerprint density at radius 2 is 1.81 bits per heavy atom. The van der Waals surface area contributed by atoms with Gasteiger partial charge in [0.2, 0.25) is 6.23 Å². The van der Waals surface area contributed by atoms with Crippen molar-refractivity contribution in [3.63, 3.8) is 0 Å². The third-order valence-electron chi connectivity index (χ3n) is 4.50. The second-order valence-corrected chi connectivity index (χ2v) is 7.72. The number of benzene rings is 2. The number of halogens is 3. The number of rotatable bonds is 6. The molecule has 0 aliphatic carbocycles. The van der Waals surface area contributed by atoms with Crippen LogP contribution >= 0.6 is 11.3 Å². The van der Waals surface area contributed by atoms with E-state index >= 15 is 0 Å². The Balaban J connectivity index is 1.41. The highest BCUT2D eigenvalue weighted by molar-refractivity contribution is 7.15. The standard InChI is InChI=1S/C21H16F3N3O3S/c1-12-17(31-20(25-12)14-2-6-15(7-3-14)21(22,23)24)11-29-16-8-4-13(5-9-16)19-26-18(10-28)30-27-19/h2-10,18H,11H2,1H3,(H,26,27). The first-order valence-electron chi connectivity index (χ1n) is 9.15. The molecule has 1 aliphatic heterocycles. The molecule has 0 fully saturated rings. The van der Waals surface area contributed by atoms with Gasteiger partial charge >= 0.3 is 6.18 Å². The summed E-state index contributed by atoms with van der Waals surface area (Å²) in [5, 5.41) is 0.634. The summed E-state index contributed by atoms with van der Waals surface area (Å²) >= 11 is 1.38. The molecule has 0 saturated carbocycles. The van der Waals surface area contributed by atoms with Crippen molar-refractivity contribution in [2.75, 3.05) is 0 Å². The molecular weight excluding hydrogens is 431 g/mol. The Hall–Kier alpha value is -3.24. The number of amidine groups is 1. The third kappa shape index (κ3) is 4.75. The van der Waals surface area contributed by atoms with Gasteiger partial charge in [0.1, 0.15) is 17.4 Å². The minimum Gasteiger partial charge on any atom is -0.488 e. The number of carbonyl (C=O) groups is 1. The summed E-state index contributed by atoms with van der Waals surface area (Å²) in [5.41, 5.74) is 4.04. The SMILES string of the molecule is Cc1nc(-c2ccc(C(F)(F)F)cc2)sc1COc1ccc(C2=NC(C=O)ON2)cc1. The molecule has 0 spiro atoms. The molecule has 2 heterocycles. The first-order valence-corrected chi connectivity index (χ1v) is 9.97. The van der Waals surface area contributed by atoms with E-state index in [0.717, 1.165) is 28.3 Å². The van der Waals surface area contributed by atoms with E-state index in [0.29, 0.717) is 28.4 Å². The Morgan fingerprint density at radius 3 is 2.42 bits per heavy atom. The maximum Gasteiger partial charge on any atom is 0.416 e. The molecule has 0 radical (unpaired) electrons. The second-order valence-electron chi connectivity index (χ2n) is 6.64.